The van der Waals surface area contributed by atoms with Crippen LogP contribution in [0, 0.1) is 11.6 Å². The molecule has 0 radical (unpaired) electrons. The van der Waals surface area contributed by atoms with Crippen LogP contribution >= 0.6 is 0 Å². The summed E-state index contributed by atoms with van der Waals surface area (Å²) in [4.78, 5) is 0. The third-order valence-corrected chi connectivity index (χ3v) is 1.89. The maximum absolute atomic E-state index is 12.7. The van der Waals surface area contributed by atoms with Gasteiger partial charge in [0.15, 0.2) is 0 Å². The fourth-order valence-electron chi connectivity index (χ4n) is 1.02. The molecule has 3 heteroatoms. The molecule has 0 aliphatic rings. The van der Waals surface area contributed by atoms with Gasteiger partial charge in [0.1, 0.15) is 11.6 Å². The molecule has 1 nitrogen and oxygen atoms in total. The van der Waals surface area contributed by atoms with Gasteiger partial charge in [0.25, 0.3) is 0 Å². The highest BCUT2D eigenvalue weighted by molar-refractivity contribution is 5.44. The van der Waals surface area contributed by atoms with Gasteiger partial charge in [-0.15, -0.1) is 0 Å². The first-order valence-corrected chi connectivity index (χ1v) is 4.34. The van der Waals surface area contributed by atoms with E-state index in [1.807, 2.05) is 13.8 Å². The van der Waals surface area contributed by atoms with Crippen LogP contribution in [-0.2, 0) is 0 Å². The molecule has 0 saturated carbocycles. The molecule has 1 aromatic carbocycles. The summed E-state index contributed by atoms with van der Waals surface area (Å²) in [6, 6.07) is 3.66. The second-order valence-corrected chi connectivity index (χ2v) is 3.11. The highest BCUT2D eigenvalue weighted by atomic mass is 19.1. The minimum absolute atomic E-state index is 0.223. The van der Waals surface area contributed by atoms with Crippen molar-refractivity contribution in [1.82, 2.24) is 0 Å². The first-order chi connectivity index (χ1) is 6.11. The fourth-order valence-corrected chi connectivity index (χ4v) is 1.02. The molecule has 1 atom stereocenters. The minimum atomic E-state index is -0.550. The predicted molar refractivity (Wildman–Crippen MR) is 49.7 cm³/mol. The maximum Gasteiger partial charge on any atom is 0.128 e. The molecule has 1 unspecified atom stereocenters. The summed E-state index contributed by atoms with van der Waals surface area (Å²) < 4.78 is 25.4. The Balaban J connectivity index is 2.77. The average Bonchev–Trinajstić information content (AvgIpc) is 2.02. The number of halogens is 2. The molecule has 1 N–H and O–H groups in total. The minimum Gasteiger partial charge on any atom is -0.382 e. The number of rotatable bonds is 3. The van der Waals surface area contributed by atoms with E-state index in [1.54, 1.807) is 0 Å². The smallest absolute Gasteiger partial charge is 0.128 e. The van der Waals surface area contributed by atoms with Gasteiger partial charge >= 0.3 is 0 Å². The first-order valence-electron chi connectivity index (χ1n) is 4.34. The quantitative estimate of drug-likeness (QED) is 0.762. The average molecular weight is 185 g/mol. The predicted octanol–water partition coefficient (Wildman–Crippen LogP) is 3.18. The van der Waals surface area contributed by atoms with Gasteiger partial charge in [-0.1, -0.05) is 6.92 Å². The Kier molecular flexibility index (Phi) is 3.23. The van der Waals surface area contributed by atoms with Crippen LogP contribution in [0.4, 0.5) is 14.5 Å². The largest absolute Gasteiger partial charge is 0.382 e. The summed E-state index contributed by atoms with van der Waals surface area (Å²) in [5.74, 6) is -1.10. The molecule has 0 heterocycles. The van der Waals surface area contributed by atoms with Crippen molar-refractivity contribution in [3.63, 3.8) is 0 Å². The maximum atomic E-state index is 12.7. The zero-order chi connectivity index (χ0) is 9.84. The number of anilines is 1. The van der Waals surface area contributed by atoms with Gasteiger partial charge in [-0.3, -0.25) is 0 Å². The van der Waals surface area contributed by atoms with Crippen LogP contribution in [0.15, 0.2) is 18.2 Å². The highest BCUT2D eigenvalue weighted by Gasteiger charge is 2.02. The van der Waals surface area contributed by atoms with Gasteiger partial charge in [0, 0.05) is 17.8 Å². The summed E-state index contributed by atoms with van der Waals surface area (Å²) in [7, 11) is 0. The van der Waals surface area contributed by atoms with Crippen molar-refractivity contribution in [3.05, 3.63) is 29.8 Å². The normalized spacial score (nSPS) is 12.6. The van der Waals surface area contributed by atoms with Crippen molar-refractivity contribution in [3.8, 4) is 0 Å². The molecule has 0 amide bonds. The zero-order valence-electron chi connectivity index (χ0n) is 7.77. The lowest BCUT2D eigenvalue weighted by Crippen LogP contribution is -2.13. The summed E-state index contributed by atoms with van der Waals surface area (Å²) in [5, 5.41) is 2.99. The van der Waals surface area contributed by atoms with Gasteiger partial charge < -0.3 is 5.32 Å². The van der Waals surface area contributed by atoms with E-state index in [1.165, 1.54) is 12.1 Å². The molecule has 0 aliphatic heterocycles. The molecule has 0 bridgehead atoms. The van der Waals surface area contributed by atoms with E-state index in [0.29, 0.717) is 5.69 Å². The number of hydrogen-bond donors (Lipinski definition) is 1. The molecular weight excluding hydrogens is 172 g/mol. The van der Waals surface area contributed by atoms with Crippen LogP contribution in [0.1, 0.15) is 20.3 Å². The van der Waals surface area contributed by atoms with Crippen LogP contribution in [-0.4, -0.2) is 6.04 Å². The Labute approximate surface area is 76.8 Å². The second-order valence-electron chi connectivity index (χ2n) is 3.11. The van der Waals surface area contributed by atoms with Gasteiger partial charge in [-0.25, -0.2) is 8.78 Å². The van der Waals surface area contributed by atoms with Gasteiger partial charge in [0.05, 0.1) is 0 Å². The Morgan fingerprint density at radius 1 is 1.23 bits per heavy atom. The van der Waals surface area contributed by atoms with Gasteiger partial charge in [-0.2, -0.15) is 0 Å². The molecule has 0 fully saturated rings. The van der Waals surface area contributed by atoms with Crippen molar-refractivity contribution in [1.29, 1.82) is 0 Å². The number of nitrogens with one attached hydrogen (secondary N) is 1. The van der Waals surface area contributed by atoms with Crippen LogP contribution in [0.3, 0.4) is 0 Å². The van der Waals surface area contributed by atoms with Gasteiger partial charge in [0.2, 0.25) is 0 Å². The van der Waals surface area contributed by atoms with Crippen molar-refractivity contribution >= 4 is 5.69 Å². The van der Waals surface area contributed by atoms with Crippen LogP contribution in [0.5, 0.6) is 0 Å². The first kappa shape index (κ1) is 9.96. The second kappa shape index (κ2) is 4.21. The van der Waals surface area contributed by atoms with Gasteiger partial charge in [-0.05, 0) is 25.5 Å². The van der Waals surface area contributed by atoms with Crippen molar-refractivity contribution in [2.45, 2.75) is 26.3 Å². The molecular formula is C10H13F2N. The monoisotopic (exact) mass is 185 g/mol. The fraction of sp³-hybridized carbons (Fsp3) is 0.400. The third-order valence-electron chi connectivity index (χ3n) is 1.89. The van der Waals surface area contributed by atoms with Crippen LogP contribution in [0.2, 0.25) is 0 Å². The van der Waals surface area contributed by atoms with E-state index in [9.17, 15) is 8.78 Å². The van der Waals surface area contributed by atoms with Crippen LogP contribution in [0.25, 0.3) is 0 Å². The molecule has 0 aromatic heterocycles. The topological polar surface area (TPSA) is 12.0 Å². The Morgan fingerprint density at radius 3 is 2.23 bits per heavy atom. The van der Waals surface area contributed by atoms with Crippen molar-refractivity contribution < 1.29 is 8.78 Å². The molecule has 13 heavy (non-hydrogen) atoms. The molecule has 0 saturated heterocycles. The van der Waals surface area contributed by atoms with E-state index < -0.39 is 11.6 Å². The lowest BCUT2D eigenvalue weighted by Gasteiger charge is -2.12. The molecule has 1 aromatic rings. The van der Waals surface area contributed by atoms with E-state index >= 15 is 0 Å². The standard InChI is InChI=1S/C10H13F2N/c1-3-7(2)13-10-5-8(11)4-9(12)6-10/h4-7,13H,3H2,1-2H3. The van der Waals surface area contributed by atoms with E-state index in [-0.39, 0.29) is 6.04 Å². The van der Waals surface area contributed by atoms with E-state index in [4.69, 9.17) is 0 Å². The van der Waals surface area contributed by atoms with Crippen molar-refractivity contribution in [2.24, 2.45) is 0 Å². The Hall–Kier alpha value is -1.12. The number of benzene rings is 1. The third kappa shape index (κ3) is 3.01. The summed E-state index contributed by atoms with van der Waals surface area (Å²) in [6.07, 6.45) is 0.915. The zero-order valence-corrected chi connectivity index (χ0v) is 7.77. The van der Waals surface area contributed by atoms with Crippen LogP contribution < -0.4 is 5.32 Å². The number of hydrogen-bond acceptors (Lipinski definition) is 1. The molecule has 72 valence electrons. The summed E-state index contributed by atoms with van der Waals surface area (Å²) in [5.41, 5.74) is 0.492. The molecule has 1 rings (SSSR count). The van der Waals surface area contributed by atoms with Crippen molar-refractivity contribution in [2.75, 3.05) is 5.32 Å². The molecule has 0 spiro atoms. The molecule has 0 aliphatic carbocycles. The lowest BCUT2D eigenvalue weighted by molar-refractivity contribution is 0.583. The SMILES string of the molecule is CCC(C)Nc1cc(F)cc(F)c1. The van der Waals surface area contributed by atoms with E-state index in [2.05, 4.69) is 5.32 Å². The Morgan fingerprint density at radius 2 is 1.77 bits per heavy atom. The van der Waals surface area contributed by atoms with E-state index in [0.717, 1.165) is 12.5 Å². The highest BCUT2D eigenvalue weighted by Crippen LogP contribution is 2.14. The summed E-state index contributed by atoms with van der Waals surface area (Å²) >= 11 is 0. The Bertz CT molecular complexity index is 266. The summed E-state index contributed by atoms with van der Waals surface area (Å²) in [6.45, 7) is 3.97. The lowest BCUT2D eigenvalue weighted by atomic mass is 10.2.